The molecule has 0 aliphatic carbocycles. The monoisotopic (exact) mass is 375 g/mol. The first-order valence-corrected chi connectivity index (χ1v) is 7.68. The van der Waals surface area contributed by atoms with E-state index in [-0.39, 0.29) is 11.7 Å². The van der Waals surface area contributed by atoms with Gasteiger partial charge in [-0.1, -0.05) is 23.9 Å². The molecule has 1 aromatic heterocycles. The lowest BCUT2D eigenvalue weighted by atomic mass is 10.2. The first-order chi connectivity index (χ1) is 8.58. The number of benzene rings is 1. The molecule has 1 heterocycles. The van der Waals surface area contributed by atoms with Crippen LogP contribution < -0.4 is 5.69 Å². The van der Waals surface area contributed by atoms with E-state index in [1.165, 1.54) is 9.13 Å². The summed E-state index contributed by atoms with van der Waals surface area (Å²) in [5.41, 5.74) is 1.08. The van der Waals surface area contributed by atoms with Crippen molar-refractivity contribution in [2.24, 2.45) is 0 Å². The maximum Gasteiger partial charge on any atom is 0.344 e. The Hall–Kier alpha value is -0.760. The van der Waals surface area contributed by atoms with Gasteiger partial charge in [0.2, 0.25) is 0 Å². The van der Waals surface area contributed by atoms with Gasteiger partial charge in [0.05, 0.1) is 0 Å². The lowest BCUT2D eigenvalue weighted by Gasteiger charge is -2.08. The highest BCUT2D eigenvalue weighted by Crippen LogP contribution is 2.22. The summed E-state index contributed by atoms with van der Waals surface area (Å²) in [6, 6.07) is 8.47. The molecule has 0 fully saturated rings. The molecule has 96 valence electrons. The Balaban J connectivity index is 2.11. The highest BCUT2D eigenvalue weighted by molar-refractivity contribution is 14.1. The third-order valence-corrected chi connectivity index (χ3v) is 4.21. The predicted octanol–water partition coefficient (Wildman–Crippen LogP) is 3.05. The molecule has 0 amide bonds. The van der Waals surface area contributed by atoms with E-state index < -0.39 is 0 Å². The van der Waals surface area contributed by atoms with Crippen molar-refractivity contribution in [1.82, 2.24) is 14.8 Å². The van der Waals surface area contributed by atoms with Crippen molar-refractivity contribution in [1.29, 1.82) is 0 Å². The van der Waals surface area contributed by atoms with Crippen LogP contribution in [0.3, 0.4) is 0 Å². The summed E-state index contributed by atoms with van der Waals surface area (Å²) in [5, 5.41) is 7.30. The van der Waals surface area contributed by atoms with Crippen LogP contribution in [0.25, 0.3) is 0 Å². The lowest BCUT2D eigenvalue weighted by Crippen LogP contribution is -2.19. The van der Waals surface area contributed by atoms with Gasteiger partial charge in [-0.25, -0.2) is 9.89 Å². The molecule has 0 atom stereocenters. The fourth-order valence-corrected chi connectivity index (χ4v) is 2.97. The summed E-state index contributed by atoms with van der Waals surface area (Å²) in [4.78, 5) is 11.6. The van der Waals surface area contributed by atoms with Crippen LogP contribution in [0, 0.1) is 3.57 Å². The number of halogens is 1. The highest BCUT2D eigenvalue weighted by atomic mass is 127. The van der Waals surface area contributed by atoms with Gasteiger partial charge < -0.3 is 0 Å². The molecule has 1 N–H and O–H groups in total. The first-order valence-electron chi connectivity index (χ1n) is 5.62. The molecular weight excluding hydrogens is 361 g/mol. The second-order valence-corrected chi connectivity index (χ2v) is 6.38. The first kappa shape index (κ1) is 13.7. The Labute approximate surface area is 123 Å². The zero-order valence-corrected chi connectivity index (χ0v) is 13.2. The van der Waals surface area contributed by atoms with E-state index in [9.17, 15) is 4.79 Å². The van der Waals surface area contributed by atoms with Crippen LogP contribution >= 0.6 is 34.4 Å². The number of rotatable bonds is 4. The molecule has 18 heavy (non-hydrogen) atoms. The van der Waals surface area contributed by atoms with Crippen LogP contribution in [-0.2, 0) is 5.75 Å². The summed E-state index contributed by atoms with van der Waals surface area (Å²) in [6.07, 6.45) is 0. The Morgan fingerprint density at radius 2 is 2.06 bits per heavy atom. The average molecular weight is 375 g/mol. The van der Waals surface area contributed by atoms with E-state index in [1.807, 2.05) is 13.8 Å². The third kappa shape index (κ3) is 3.17. The molecule has 2 aromatic rings. The maximum atomic E-state index is 11.6. The van der Waals surface area contributed by atoms with Crippen molar-refractivity contribution in [3.63, 3.8) is 0 Å². The molecule has 2 rings (SSSR count). The number of aromatic amines is 1. The van der Waals surface area contributed by atoms with Gasteiger partial charge in [0.15, 0.2) is 5.16 Å². The van der Waals surface area contributed by atoms with E-state index in [4.69, 9.17) is 0 Å². The second-order valence-electron chi connectivity index (χ2n) is 4.19. The summed E-state index contributed by atoms with van der Waals surface area (Å²) < 4.78 is 2.90. The van der Waals surface area contributed by atoms with Crippen molar-refractivity contribution in [2.75, 3.05) is 0 Å². The van der Waals surface area contributed by atoms with Crippen LogP contribution in [0.15, 0.2) is 34.2 Å². The van der Waals surface area contributed by atoms with E-state index in [0.29, 0.717) is 0 Å². The lowest BCUT2D eigenvalue weighted by molar-refractivity contribution is 0.534. The zero-order valence-electron chi connectivity index (χ0n) is 10.2. The second kappa shape index (κ2) is 5.92. The summed E-state index contributed by atoms with van der Waals surface area (Å²) >= 11 is 3.86. The molecule has 0 radical (unpaired) electrons. The molecule has 6 heteroatoms. The SMILES string of the molecule is CC(C)n1c(SCc2ccc(I)cc2)n[nH]c1=O. The van der Waals surface area contributed by atoms with Crippen LogP contribution in [0.1, 0.15) is 25.5 Å². The fraction of sp³-hybridized carbons (Fsp3) is 0.333. The molecule has 0 saturated carbocycles. The van der Waals surface area contributed by atoms with Crippen LogP contribution in [0.5, 0.6) is 0 Å². The number of aromatic nitrogens is 3. The largest absolute Gasteiger partial charge is 0.344 e. The Morgan fingerprint density at radius 1 is 1.39 bits per heavy atom. The number of thioether (sulfide) groups is 1. The van der Waals surface area contributed by atoms with Crippen LogP contribution in [0.2, 0.25) is 0 Å². The predicted molar refractivity (Wildman–Crippen MR) is 82.0 cm³/mol. The van der Waals surface area contributed by atoms with E-state index in [1.54, 1.807) is 16.3 Å². The van der Waals surface area contributed by atoms with Crippen molar-refractivity contribution in [3.8, 4) is 0 Å². The zero-order chi connectivity index (χ0) is 13.1. The van der Waals surface area contributed by atoms with Gasteiger partial charge in [-0.3, -0.25) is 4.57 Å². The Kier molecular flexibility index (Phi) is 4.50. The van der Waals surface area contributed by atoms with Gasteiger partial charge >= 0.3 is 5.69 Å². The minimum absolute atomic E-state index is 0.121. The molecule has 0 aliphatic rings. The number of hydrogen-bond donors (Lipinski definition) is 1. The van der Waals surface area contributed by atoms with Crippen molar-refractivity contribution in [3.05, 3.63) is 43.9 Å². The van der Waals surface area contributed by atoms with Gasteiger partial charge in [-0.2, -0.15) is 0 Å². The third-order valence-electron chi connectivity index (χ3n) is 2.47. The minimum Gasteiger partial charge on any atom is -0.268 e. The molecule has 4 nitrogen and oxygen atoms in total. The molecule has 0 saturated heterocycles. The summed E-state index contributed by atoms with van der Waals surface area (Å²) in [5.74, 6) is 0.813. The molecule has 0 bridgehead atoms. The van der Waals surface area contributed by atoms with Gasteiger partial charge in [0, 0.05) is 15.4 Å². The van der Waals surface area contributed by atoms with Gasteiger partial charge in [-0.05, 0) is 54.1 Å². The van der Waals surface area contributed by atoms with Crippen molar-refractivity contribution in [2.45, 2.75) is 30.8 Å². The summed E-state index contributed by atoms with van der Waals surface area (Å²) in [7, 11) is 0. The van der Waals surface area contributed by atoms with Crippen LogP contribution in [-0.4, -0.2) is 14.8 Å². The highest BCUT2D eigenvalue weighted by Gasteiger charge is 2.11. The molecule has 1 aromatic carbocycles. The Morgan fingerprint density at radius 3 is 2.67 bits per heavy atom. The van der Waals surface area contributed by atoms with Crippen LogP contribution in [0.4, 0.5) is 0 Å². The standard InChI is InChI=1S/C12H14IN3OS/c1-8(2)16-11(17)14-15-12(16)18-7-9-3-5-10(13)6-4-9/h3-6,8H,7H2,1-2H3,(H,14,17). The average Bonchev–Trinajstić information content (AvgIpc) is 2.70. The van der Waals surface area contributed by atoms with E-state index in [2.05, 4.69) is 57.1 Å². The molecule has 0 spiro atoms. The van der Waals surface area contributed by atoms with E-state index >= 15 is 0 Å². The maximum absolute atomic E-state index is 11.6. The number of hydrogen-bond acceptors (Lipinski definition) is 3. The Bertz CT molecular complexity index is 574. The quantitative estimate of drug-likeness (QED) is 0.660. The number of H-pyrrole nitrogens is 1. The van der Waals surface area contributed by atoms with Crippen molar-refractivity contribution >= 4 is 34.4 Å². The normalized spacial score (nSPS) is 11.1. The van der Waals surface area contributed by atoms with Gasteiger partial charge in [-0.15, -0.1) is 5.10 Å². The van der Waals surface area contributed by atoms with Gasteiger partial charge in [0.25, 0.3) is 0 Å². The smallest absolute Gasteiger partial charge is 0.268 e. The molecular formula is C12H14IN3OS. The number of nitrogens with one attached hydrogen (secondary N) is 1. The topological polar surface area (TPSA) is 50.7 Å². The van der Waals surface area contributed by atoms with E-state index in [0.717, 1.165) is 10.9 Å². The summed E-state index contributed by atoms with van der Waals surface area (Å²) in [6.45, 7) is 3.96. The minimum atomic E-state index is -0.143. The van der Waals surface area contributed by atoms with Crippen molar-refractivity contribution < 1.29 is 0 Å². The van der Waals surface area contributed by atoms with Gasteiger partial charge in [0.1, 0.15) is 0 Å². The molecule has 0 aliphatic heterocycles. The fourth-order valence-electron chi connectivity index (χ4n) is 1.58. The number of nitrogens with zero attached hydrogens (tertiary/aromatic N) is 2. The molecule has 0 unspecified atom stereocenters.